The number of aliphatic hydroxyl groups is 1. The molecule has 0 aliphatic rings. The molecule has 0 saturated carbocycles. The van der Waals surface area contributed by atoms with Gasteiger partial charge in [0.1, 0.15) is 0 Å². The molecule has 1 aromatic heterocycles. The second-order valence-corrected chi connectivity index (χ2v) is 4.49. The fourth-order valence-electron chi connectivity index (χ4n) is 1.99. The summed E-state index contributed by atoms with van der Waals surface area (Å²) in [6, 6.07) is 10.2. The average Bonchev–Trinajstić information content (AvgIpc) is 2.29. The van der Waals surface area contributed by atoms with Gasteiger partial charge in [0, 0.05) is 17.5 Å². The first-order valence-corrected chi connectivity index (χ1v) is 5.68. The van der Waals surface area contributed by atoms with Gasteiger partial charge >= 0.3 is 0 Å². The molecule has 1 atom stereocenters. The Morgan fingerprint density at radius 1 is 1.25 bits per heavy atom. The quantitative estimate of drug-likeness (QED) is 0.853. The van der Waals surface area contributed by atoms with Crippen LogP contribution in [0.3, 0.4) is 0 Å². The van der Waals surface area contributed by atoms with Crippen LogP contribution >= 0.6 is 0 Å². The van der Waals surface area contributed by atoms with Crippen LogP contribution in [0.1, 0.15) is 25.3 Å². The second kappa shape index (κ2) is 4.62. The van der Waals surface area contributed by atoms with Crippen LogP contribution in [0.15, 0.2) is 36.5 Å². The van der Waals surface area contributed by atoms with Gasteiger partial charge in [-0.25, -0.2) is 0 Å². The molecule has 0 radical (unpaired) electrons. The molecule has 1 heterocycles. The van der Waals surface area contributed by atoms with E-state index in [0.29, 0.717) is 5.92 Å². The first-order chi connectivity index (χ1) is 7.72. The minimum atomic E-state index is 0.178. The Balaban J connectivity index is 2.45. The predicted molar refractivity (Wildman–Crippen MR) is 66.4 cm³/mol. The van der Waals surface area contributed by atoms with Crippen molar-refractivity contribution in [1.82, 2.24) is 4.98 Å². The van der Waals surface area contributed by atoms with E-state index in [-0.39, 0.29) is 12.5 Å². The maximum atomic E-state index is 9.39. The summed E-state index contributed by atoms with van der Waals surface area (Å²) < 4.78 is 0. The largest absolute Gasteiger partial charge is 0.396 e. The molecule has 2 heteroatoms. The SMILES string of the molecule is CC(C)C(CO)c1cnc2ccccc2c1. The normalized spacial score (nSPS) is 13.2. The number of aromatic nitrogens is 1. The lowest BCUT2D eigenvalue weighted by Crippen LogP contribution is -2.11. The fraction of sp³-hybridized carbons (Fsp3) is 0.357. The van der Waals surface area contributed by atoms with Crippen LogP contribution in [0.2, 0.25) is 0 Å². The van der Waals surface area contributed by atoms with Gasteiger partial charge in [-0.15, -0.1) is 0 Å². The molecule has 16 heavy (non-hydrogen) atoms. The molecule has 0 amide bonds. The Morgan fingerprint density at radius 3 is 2.69 bits per heavy atom. The van der Waals surface area contributed by atoms with E-state index in [4.69, 9.17) is 0 Å². The molecule has 1 unspecified atom stereocenters. The van der Waals surface area contributed by atoms with Crippen LogP contribution in [0, 0.1) is 5.92 Å². The highest BCUT2D eigenvalue weighted by molar-refractivity contribution is 5.78. The number of benzene rings is 1. The van der Waals surface area contributed by atoms with Gasteiger partial charge in [-0.2, -0.15) is 0 Å². The summed E-state index contributed by atoms with van der Waals surface area (Å²) in [5.74, 6) is 0.602. The number of pyridine rings is 1. The van der Waals surface area contributed by atoms with Crippen molar-refractivity contribution in [2.45, 2.75) is 19.8 Å². The van der Waals surface area contributed by atoms with Gasteiger partial charge in [0.2, 0.25) is 0 Å². The van der Waals surface area contributed by atoms with Crippen LogP contribution in [-0.2, 0) is 0 Å². The summed E-state index contributed by atoms with van der Waals surface area (Å²) >= 11 is 0. The summed E-state index contributed by atoms with van der Waals surface area (Å²) in [6.07, 6.45) is 1.88. The van der Waals surface area contributed by atoms with Crippen molar-refractivity contribution in [2.24, 2.45) is 5.92 Å². The first-order valence-electron chi connectivity index (χ1n) is 5.68. The highest BCUT2D eigenvalue weighted by Gasteiger charge is 2.15. The molecule has 1 N–H and O–H groups in total. The summed E-state index contributed by atoms with van der Waals surface area (Å²) in [6.45, 7) is 4.42. The lowest BCUT2D eigenvalue weighted by atomic mass is 9.90. The van der Waals surface area contributed by atoms with Crippen LogP contribution in [-0.4, -0.2) is 16.7 Å². The van der Waals surface area contributed by atoms with Crippen molar-refractivity contribution in [3.05, 3.63) is 42.1 Å². The smallest absolute Gasteiger partial charge is 0.0702 e. The molecule has 0 bridgehead atoms. The first kappa shape index (κ1) is 11.1. The number of nitrogens with zero attached hydrogens (tertiary/aromatic N) is 1. The summed E-state index contributed by atoms with van der Waals surface area (Å²) in [7, 11) is 0. The van der Waals surface area contributed by atoms with Crippen molar-refractivity contribution in [3.8, 4) is 0 Å². The monoisotopic (exact) mass is 215 g/mol. The number of fused-ring (bicyclic) bond motifs is 1. The van der Waals surface area contributed by atoms with Crippen LogP contribution < -0.4 is 0 Å². The molecule has 2 rings (SSSR count). The Labute approximate surface area is 96.0 Å². The van der Waals surface area contributed by atoms with E-state index in [9.17, 15) is 5.11 Å². The van der Waals surface area contributed by atoms with E-state index in [1.165, 1.54) is 0 Å². The Kier molecular flexibility index (Phi) is 3.20. The van der Waals surface area contributed by atoms with Gasteiger partial charge in [0.05, 0.1) is 12.1 Å². The predicted octanol–water partition coefficient (Wildman–Crippen LogP) is 2.97. The Hall–Kier alpha value is -1.41. The van der Waals surface area contributed by atoms with Crippen molar-refractivity contribution in [2.75, 3.05) is 6.61 Å². The van der Waals surface area contributed by atoms with E-state index < -0.39 is 0 Å². The second-order valence-electron chi connectivity index (χ2n) is 4.49. The van der Waals surface area contributed by atoms with Gasteiger partial charge in [-0.1, -0.05) is 32.0 Å². The molecule has 0 fully saturated rings. The topological polar surface area (TPSA) is 33.1 Å². The number of aliphatic hydroxyl groups excluding tert-OH is 1. The molecule has 84 valence electrons. The molecule has 0 aliphatic carbocycles. The van der Waals surface area contributed by atoms with Crippen LogP contribution in [0.4, 0.5) is 0 Å². The van der Waals surface area contributed by atoms with E-state index in [1.54, 1.807) is 0 Å². The number of rotatable bonds is 3. The lowest BCUT2D eigenvalue weighted by Gasteiger charge is -2.18. The van der Waals surface area contributed by atoms with E-state index in [1.807, 2.05) is 24.4 Å². The maximum Gasteiger partial charge on any atom is 0.0702 e. The molecule has 2 nitrogen and oxygen atoms in total. The van der Waals surface area contributed by atoms with E-state index >= 15 is 0 Å². The third kappa shape index (κ3) is 2.07. The van der Waals surface area contributed by atoms with Gasteiger partial charge < -0.3 is 5.11 Å². The maximum absolute atomic E-state index is 9.39. The summed E-state index contributed by atoms with van der Waals surface area (Å²) in [5, 5.41) is 10.5. The lowest BCUT2D eigenvalue weighted by molar-refractivity contribution is 0.237. The third-order valence-corrected chi connectivity index (χ3v) is 3.04. The van der Waals surface area contributed by atoms with Gasteiger partial charge in [-0.3, -0.25) is 4.98 Å². The molecule has 0 aliphatic heterocycles. The van der Waals surface area contributed by atoms with Crippen molar-refractivity contribution >= 4 is 10.9 Å². The minimum Gasteiger partial charge on any atom is -0.396 e. The third-order valence-electron chi connectivity index (χ3n) is 3.04. The molecule has 0 saturated heterocycles. The zero-order chi connectivity index (χ0) is 11.5. The molecular weight excluding hydrogens is 198 g/mol. The number of hydrogen-bond donors (Lipinski definition) is 1. The number of hydrogen-bond acceptors (Lipinski definition) is 2. The fourth-order valence-corrected chi connectivity index (χ4v) is 1.99. The zero-order valence-electron chi connectivity index (χ0n) is 9.72. The molecular formula is C14H17NO. The number of para-hydroxylation sites is 1. The Morgan fingerprint density at radius 2 is 2.00 bits per heavy atom. The van der Waals surface area contributed by atoms with Crippen LogP contribution in [0.25, 0.3) is 10.9 Å². The van der Waals surface area contributed by atoms with Crippen molar-refractivity contribution < 1.29 is 5.11 Å². The van der Waals surface area contributed by atoms with Gasteiger partial charge in [-0.05, 0) is 23.6 Å². The molecule has 1 aromatic carbocycles. The molecule has 2 aromatic rings. The van der Waals surface area contributed by atoms with Crippen molar-refractivity contribution in [3.63, 3.8) is 0 Å². The van der Waals surface area contributed by atoms with Gasteiger partial charge in [0.15, 0.2) is 0 Å². The highest BCUT2D eigenvalue weighted by Crippen LogP contribution is 2.25. The minimum absolute atomic E-state index is 0.178. The average molecular weight is 215 g/mol. The van der Waals surface area contributed by atoms with Gasteiger partial charge in [0.25, 0.3) is 0 Å². The summed E-state index contributed by atoms with van der Waals surface area (Å²) in [4.78, 5) is 4.42. The van der Waals surface area contributed by atoms with Crippen molar-refractivity contribution in [1.29, 1.82) is 0 Å². The van der Waals surface area contributed by atoms with E-state index in [2.05, 4.69) is 31.0 Å². The zero-order valence-corrected chi connectivity index (χ0v) is 9.72. The molecule has 0 spiro atoms. The Bertz CT molecular complexity index is 479. The standard InChI is InChI=1S/C14H17NO/c1-10(2)13(9-16)12-7-11-5-3-4-6-14(11)15-8-12/h3-8,10,13,16H,9H2,1-2H3. The summed E-state index contributed by atoms with van der Waals surface area (Å²) in [5.41, 5.74) is 2.13. The van der Waals surface area contributed by atoms with E-state index in [0.717, 1.165) is 16.5 Å². The highest BCUT2D eigenvalue weighted by atomic mass is 16.3. The van der Waals surface area contributed by atoms with Crippen LogP contribution in [0.5, 0.6) is 0 Å².